The molecule has 8 heteroatoms. The molecule has 0 radical (unpaired) electrons. The van der Waals surface area contributed by atoms with Gasteiger partial charge in [0.15, 0.2) is 5.65 Å². The number of hydrogen-bond donors (Lipinski definition) is 2. The Morgan fingerprint density at radius 3 is 2.82 bits per heavy atom. The minimum Gasteiger partial charge on any atom is -0.508 e. The second kappa shape index (κ2) is 6.30. The van der Waals surface area contributed by atoms with Crippen LogP contribution in [0.2, 0.25) is 0 Å². The van der Waals surface area contributed by atoms with E-state index >= 15 is 0 Å². The van der Waals surface area contributed by atoms with Crippen LogP contribution in [0.15, 0.2) is 18.2 Å². The van der Waals surface area contributed by atoms with Gasteiger partial charge in [0.2, 0.25) is 11.6 Å². The van der Waals surface area contributed by atoms with Crippen LogP contribution < -0.4 is 0 Å². The number of nitrogens with zero attached hydrogens (tertiary/aromatic N) is 4. The predicted molar refractivity (Wildman–Crippen MR) is 101 cm³/mol. The van der Waals surface area contributed by atoms with Gasteiger partial charge in [-0.3, -0.25) is 9.89 Å². The highest BCUT2D eigenvalue weighted by Crippen LogP contribution is 2.55. The molecule has 1 amide bonds. The maximum Gasteiger partial charge on any atom is 0.225 e. The number of halogens is 1. The molecule has 2 N–H and O–H groups in total. The van der Waals surface area contributed by atoms with Crippen molar-refractivity contribution in [2.24, 2.45) is 5.92 Å². The van der Waals surface area contributed by atoms with Gasteiger partial charge >= 0.3 is 0 Å². The Morgan fingerprint density at radius 2 is 2.18 bits per heavy atom. The van der Waals surface area contributed by atoms with Crippen LogP contribution in [0.5, 0.6) is 5.75 Å². The molecule has 1 saturated carbocycles. The first-order valence-electron chi connectivity index (χ1n) is 8.79. The lowest BCUT2D eigenvalue weighted by Crippen LogP contribution is -2.23. The molecular formula is C20H18FN5O2. The Kier molecular flexibility index (Phi) is 4.03. The number of phenols is 1. The second-order valence-corrected chi connectivity index (χ2v) is 7.21. The molecule has 0 aliphatic heterocycles. The summed E-state index contributed by atoms with van der Waals surface area (Å²) in [7, 11) is 3.41. The highest BCUT2D eigenvalue weighted by molar-refractivity contribution is 5.96. The Bertz CT molecular complexity index is 1160. The molecule has 28 heavy (non-hydrogen) atoms. The van der Waals surface area contributed by atoms with Gasteiger partial charge in [0.25, 0.3) is 0 Å². The maximum absolute atomic E-state index is 14.5. The van der Waals surface area contributed by atoms with Crippen molar-refractivity contribution >= 4 is 22.6 Å². The van der Waals surface area contributed by atoms with Crippen LogP contribution in [0.25, 0.3) is 27.1 Å². The van der Waals surface area contributed by atoms with E-state index < -0.39 is 5.82 Å². The van der Waals surface area contributed by atoms with Crippen LogP contribution in [0.4, 0.5) is 10.1 Å². The highest BCUT2D eigenvalue weighted by Gasteiger charge is 2.47. The molecular weight excluding hydrogens is 361 g/mol. The SMILES string of the molecule is [C-]#[N+]c1c(-c2ccc(O)cc2F)nc2[nH]nc(C)c2c1[C@@H]1C[C@H]1C(=O)N(C)C. The molecule has 1 aliphatic carbocycles. The number of aromatic hydroxyl groups is 1. The molecule has 1 fully saturated rings. The first kappa shape index (κ1) is 17.9. The van der Waals surface area contributed by atoms with E-state index in [1.54, 1.807) is 19.0 Å². The van der Waals surface area contributed by atoms with E-state index in [0.717, 1.165) is 6.07 Å². The van der Waals surface area contributed by atoms with Gasteiger partial charge in [-0.25, -0.2) is 14.2 Å². The maximum atomic E-state index is 14.5. The minimum atomic E-state index is -0.671. The number of aromatic amines is 1. The summed E-state index contributed by atoms with van der Waals surface area (Å²) in [5.74, 6) is -1.23. The van der Waals surface area contributed by atoms with Crippen molar-refractivity contribution in [2.75, 3.05) is 14.1 Å². The molecule has 7 nitrogen and oxygen atoms in total. The van der Waals surface area contributed by atoms with Gasteiger partial charge < -0.3 is 10.0 Å². The van der Waals surface area contributed by atoms with Crippen molar-refractivity contribution in [3.63, 3.8) is 0 Å². The number of H-pyrrole nitrogens is 1. The lowest BCUT2D eigenvalue weighted by atomic mass is 9.98. The second-order valence-electron chi connectivity index (χ2n) is 7.21. The van der Waals surface area contributed by atoms with E-state index in [2.05, 4.69) is 20.0 Å². The van der Waals surface area contributed by atoms with Crippen molar-refractivity contribution < 1.29 is 14.3 Å². The number of phenolic OH excluding ortho intramolecular Hbond substituents is 1. The van der Waals surface area contributed by atoms with Crippen LogP contribution in [-0.4, -0.2) is 45.2 Å². The number of pyridine rings is 1. The van der Waals surface area contributed by atoms with E-state index in [1.165, 1.54) is 12.1 Å². The Hall–Kier alpha value is -3.47. The summed E-state index contributed by atoms with van der Waals surface area (Å²) in [4.78, 5) is 22.1. The normalized spacial score (nSPS) is 18.1. The summed E-state index contributed by atoms with van der Waals surface area (Å²) in [6.45, 7) is 9.56. The lowest BCUT2D eigenvalue weighted by molar-refractivity contribution is -0.130. The lowest BCUT2D eigenvalue weighted by Gasteiger charge is -2.13. The van der Waals surface area contributed by atoms with Gasteiger partial charge in [-0.15, -0.1) is 0 Å². The molecule has 0 bridgehead atoms. The summed E-state index contributed by atoms with van der Waals surface area (Å²) in [6, 6.07) is 3.74. The predicted octanol–water partition coefficient (Wildman–Crippen LogP) is 3.52. The molecule has 4 rings (SSSR count). The summed E-state index contributed by atoms with van der Waals surface area (Å²) in [5, 5.41) is 17.3. The largest absolute Gasteiger partial charge is 0.508 e. The van der Waals surface area contributed by atoms with E-state index in [0.29, 0.717) is 28.7 Å². The number of benzene rings is 1. The summed E-state index contributed by atoms with van der Waals surface area (Å²) >= 11 is 0. The van der Waals surface area contributed by atoms with Crippen molar-refractivity contribution in [1.82, 2.24) is 20.1 Å². The number of carbonyl (C=O) groups excluding carboxylic acids is 1. The van der Waals surface area contributed by atoms with Gasteiger partial charge in [-0.1, -0.05) is 0 Å². The van der Waals surface area contributed by atoms with Gasteiger partial charge in [0.1, 0.15) is 11.6 Å². The van der Waals surface area contributed by atoms with Gasteiger partial charge in [-0.2, -0.15) is 5.10 Å². The zero-order chi connectivity index (χ0) is 20.2. The van der Waals surface area contributed by atoms with Crippen molar-refractivity contribution in [1.29, 1.82) is 0 Å². The summed E-state index contributed by atoms with van der Waals surface area (Å²) in [6.07, 6.45) is 0.626. The number of rotatable bonds is 3. The van der Waals surface area contributed by atoms with Crippen molar-refractivity contribution in [3.05, 3.63) is 46.7 Å². The molecule has 1 aromatic carbocycles. The minimum absolute atomic E-state index is 0.00408. The number of aromatic nitrogens is 3. The molecule has 2 aromatic heterocycles. The zero-order valence-corrected chi connectivity index (χ0v) is 15.6. The smallest absolute Gasteiger partial charge is 0.225 e. The molecule has 2 heterocycles. The van der Waals surface area contributed by atoms with E-state index in [-0.39, 0.29) is 40.4 Å². The van der Waals surface area contributed by atoms with Crippen molar-refractivity contribution in [3.8, 4) is 17.0 Å². The number of hydrogen-bond acceptors (Lipinski definition) is 4. The number of aryl methyl sites for hydroxylation is 1. The fourth-order valence-electron chi connectivity index (χ4n) is 3.71. The Morgan fingerprint density at radius 1 is 1.43 bits per heavy atom. The van der Waals surface area contributed by atoms with E-state index in [9.17, 15) is 14.3 Å². The standard InChI is InChI=1S/C20H18FN5O2/c1-9-15-16(12-8-13(12)20(28)26(3)4)18(22-2)17(23-19(15)25-24-9)11-6-5-10(27)7-14(11)21/h5-7,12-13,27H,8H2,1,3-4H3,(H,23,24,25)/t12-,13-/m1/s1. The number of fused-ring (bicyclic) bond motifs is 1. The fraction of sp³-hybridized carbons (Fsp3) is 0.300. The third-order valence-electron chi connectivity index (χ3n) is 5.14. The molecule has 142 valence electrons. The quantitative estimate of drug-likeness (QED) is 0.682. The molecule has 0 unspecified atom stereocenters. The third kappa shape index (κ3) is 2.67. The van der Waals surface area contributed by atoms with Crippen molar-refractivity contribution in [2.45, 2.75) is 19.3 Å². The van der Waals surface area contributed by atoms with Crippen LogP contribution in [0.3, 0.4) is 0 Å². The highest BCUT2D eigenvalue weighted by atomic mass is 19.1. The van der Waals surface area contributed by atoms with E-state index in [4.69, 9.17) is 6.57 Å². The monoisotopic (exact) mass is 379 g/mol. The molecule has 0 saturated heterocycles. The molecule has 3 aromatic rings. The van der Waals surface area contributed by atoms with Crippen LogP contribution in [-0.2, 0) is 4.79 Å². The van der Waals surface area contributed by atoms with Crippen LogP contribution >= 0.6 is 0 Å². The van der Waals surface area contributed by atoms with Crippen LogP contribution in [0.1, 0.15) is 23.6 Å². The first-order valence-corrected chi connectivity index (χ1v) is 8.79. The number of nitrogens with one attached hydrogen (secondary N) is 1. The topological polar surface area (TPSA) is 86.5 Å². The first-order chi connectivity index (χ1) is 13.3. The average Bonchev–Trinajstić information content (AvgIpc) is 3.36. The van der Waals surface area contributed by atoms with E-state index in [1.807, 2.05) is 6.92 Å². The molecule has 2 atom stereocenters. The number of carbonyl (C=O) groups is 1. The van der Waals surface area contributed by atoms with Gasteiger partial charge in [0, 0.05) is 37.0 Å². The zero-order valence-electron chi connectivity index (χ0n) is 15.6. The van der Waals surface area contributed by atoms with Gasteiger partial charge in [-0.05, 0) is 37.0 Å². The average molecular weight is 379 g/mol. The number of amides is 1. The fourth-order valence-corrected chi connectivity index (χ4v) is 3.71. The Balaban J connectivity index is 1.97. The summed E-state index contributed by atoms with van der Waals surface area (Å²) in [5.41, 5.74) is 2.35. The van der Waals surface area contributed by atoms with Crippen LogP contribution in [0, 0.1) is 25.2 Å². The summed E-state index contributed by atoms with van der Waals surface area (Å²) < 4.78 is 14.5. The molecule has 0 spiro atoms. The Labute approximate surface area is 160 Å². The third-order valence-corrected chi connectivity index (χ3v) is 5.14. The van der Waals surface area contributed by atoms with Gasteiger partial charge in [0.05, 0.1) is 18.0 Å². The molecule has 1 aliphatic rings.